The molecule has 1 heterocycles. The summed E-state index contributed by atoms with van der Waals surface area (Å²) in [5.41, 5.74) is 1.09. The Labute approximate surface area is 144 Å². The van der Waals surface area contributed by atoms with Crippen LogP contribution in [0.5, 0.6) is 11.5 Å². The highest BCUT2D eigenvalue weighted by atomic mass is 32.1. The molecule has 24 heavy (non-hydrogen) atoms. The predicted octanol–water partition coefficient (Wildman–Crippen LogP) is 3.32. The summed E-state index contributed by atoms with van der Waals surface area (Å²) < 4.78 is 10.9. The number of para-hydroxylation sites is 1. The molecule has 0 bridgehead atoms. The van der Waals surface area contributed by atoms with E-state index in [4.69, 9.17) is 21.7 Å². The number of thiocarbonyl (C=S) groups is 1. The van der Waals surface area contributed by atoms with Gasteiger partial charge in [0.25, 0.3) is 5.91 Å². The van der Waals surface area contributed by atoms with Crippen LogP contribution in [0.25, 0.3) is 6.08 Å². The van der Waals surface area contributed by atoms with Crippen LogP contribution in [-0.4, -0.2) is 24.0 Å². The molecule has 1 aliphatic heterocycles. The van der Waals surface area contributed by atoms with Gasteiger partial charge in [-0.05, 0) is 48.1 Å². The van der Waals surface area contributed by atoms with Crippen LogP contribution in [0.15, 0.2) is 65.2 Å². The van der Waals surface area contributed by atoms with E-state index in [9.17, 15) is 4.79 Å². The predicted molar refractivity (Wildman–Crippen MR) is 96.1 cm³/mol. The number of ether oxygens (including phenoxy) is 2. The average molecular weight is 338 g/mol. The van der Waals surface area contributed by atoms with Gasteiger partial charge >= 0.3 is 0 Å². The molecular formula is C18H14N2O3S. The maximum absolute atomic E-state index is 12.1. The first-order valence-electron chi connectivity index (χ1n) is 7.19. The summed E-state index contributed by atoms with van der Waals surface area (Å²) in [6.45, 7) is 0. The van der Waals surface area contributed by atoms with Crippen LogP contribution in [0.2, 0.25) is 0 Å². The van der Waals surface area contributed by atoms with Gasteiger partial charge in [0.2, 0.25) is 11.0 Å². The Balaban J connectivity index is 1.90. The van der Waals surface area contributed by atoms with Gasteiger partial charge in [0.1, 0.15) is 17.1 Å². The summed E-state index contributed by atoms with van der Waals surface area (Å²) in [4.78, 5) is 16.1. The molecule has 0 aliphatic carbocycles. The second kappa shape index (κ2) is 7.06. The van der Waals surface area contributed by atoms with Crippen molar-refractivity contribution in [2.75, 3.05) is 7.11 Å². The zero-order valence-corrected chi connectivity index (χ0v) is 13.7. The molecule has 0 saturated carbocycles. The first-order valence-corrected chi connectivity index (χ1v) is 7.59. The molecule has 0 fully saturated rings. The first-order chi connectivity index (χ1) is 11.7. The van der Waals surface area contributed by atoms with Crippen molar-refractivity contribution in [2.45, 2.75) is 0 Å². The van der Waals surface area contributed by atoms with E-state index in [0.717, 1.165) is 11.3 Å². The molecule has 2 aromatic carbocycles. The summed E-state index contributed by atoms with van der Waals surface area (Å²) in [6, 6.07) is 16.8. The number of aliphatic imine (C=N–C) groups is 1. The van der Waals surface area contributed by atoms with Gasteiger partial charge in [-0.2, -0.15) is 4.99 Å². The number of rotatable bonds is 3. The van der Waals surface area contributed by atoms with Crippen molar-refractivity contribution in [3.05, 3.63) is 65.7 Å². The molecule has 1 N–H and O–H groups in total. The Morgan fingerprint density at radius 3 is 2.58 bits per heavy atom. The van der Waals surface area contributed by atoms with Gasteiger partial charge in [0.15, 0.2) is 0 Å². The van der Waals surface area contributed by atoms with E-state index in [2.05, 4.69) is 10.3 Å². The summed E-state index contributed by atoms with van der Waals surface area (Å²) >= 11 is 4.89. The smallest absolute Gasteiger partial charge is 0.262 e. The van der Waals surface area contributed by atoms with E-state index < -0.39 is 0 Å². The Hall–Kier alpha value is -2.99. The monoisotopic (exact) mass is 338 g/mol. The molecular weight excluding hydrogens is 324 g/mol. The molecule has 0 unspecified atom stereocenters. The molecule has 3 rings (SSSR count). The summed E-state index contributed by atoms with van der Waals surface area (Å²) in [6.07, 6.45) is 1.68. The summed E-state index contributed by atoms with van der Waals surface area (Å²) in [5, 5.41) is 2.59. The van der Waals surface area contributed by atoms with Crippen LogP contribution in [0.4, 0.5) is 0 Å². The van der Waals surface area contributed by atoms with Crippen molar-refractivity contribution in [1.82, 2.24) is 5.32 Å². The minimum absolute atomic E-state index is 0.0927. The molecule has 0 aromatic heterocycles. The zero-order valence-electron chi connectivity index (χ0n) is 12.9. The van der Waals surface area contributed by atoms with Crippen LogP contribution < -0.4 is 10.1 Å². The number of carbonyl (C=O) groups is 1. The highest BCUT2D eigenvalue weighted by Crippen LogP contribution is 2.23. The standard InChI is InChI=1S/C18H14N2O3S/c1-22-17-15(16(21)19-18(24)20-17)11-12-6-5-9-14(10-12)23-13-7-3-2-4-8-13/h2-11H,1H3,(H,19,21,24)/b15-11-. The number of carbonyl (C=O) groups excluding carboxylic acids is 1. The number of hydrogen-bond acceptors (Lipinski definition) is 4. The molecule has 0 atom stereocenters. The van der Waals surface area contributed by atoms with Crippen LogP contribution in [0, 0.1) is 0 Å². The SMILES string of the molecule is COC1=NC(=S)NC(=O)/C1=C/c1cccc(Oc2ccccc2)c1. The molecule has 0 saturated heterocycles. The van der Waals surface area contributed by atoms with Crippen LogP contribution >= 0.6 is 12.2 Å². The fourth-order valence-electron chi connectivity index (χ4n) is 2.18. The van der Waals surface area contributed by atoms with Gasteiger partial charge in [0, 0.05) is 0 Å². The largest absolute Gasteiger partial charge is 0.480 e. The Morgan fingerprint density at radius 1 is 1.08 bits per heavy atom. The van der Waals surface area contributed by atoms with Crippen molar-refractivity contribution in [3.8, 4) is 11.5 Å². The van der Waals surface area contributed by atoms with E-state index in [1.165, 1.54) is 7.11 Å². The highest BCUT2D eigenvalue weighted by molar-refractivity contribution is 7.80. The first kappa shape index (κ1) is 15.9. The third kappa shape index (κ3) is 3.67. The maximum Gasteiger partial charge on any atom is 0.262 e. The van der Waals surface area contributed by atoms with E-state index in [-0.39, 0.29) is 16.9 Å². The number of hydrogen-bond donors (Lipinski definition) is 1. The average Bonchev–Trinajstić information content (AvgIpc) is 2.58. The van der Waals surface area contributed by atoms with Crippen molar-refractivity contribution >= 4 is 35.2 Å². The number of amides is 1. The van der Waals surface area contributed by atoms with E-state index in [1.807, 2.05) is 54.6 Å². The van der Waals surface area contributed by atoms with Gasteiger partial charge in [0.05, 0.1) is 7.11 Å². The van der Waals surface area contributed by atoms with Crippen molar-refractivity contribution in [2.24, 2.45) is 4.99 Å². The van der Waals surface area contributed by atoms with Crippen molar-refractivity contribution in [1.29, 1.82) is 0 Å². The minimum Gasteiger partial charge on any atom is -0.480 e. The van der Waals surface area contributed by atoms with Crippen LogP contribution in [0.3, 0.4) is 0 Å². The Morgan fingerprint density at radius 2 is 1.83 bits per heavy atom. The second-order valence-electron chi connectivity index (χ2n) is 4.93. The molecule has 2 aromatic rings. The van der Waals surface area contributed by atoms with Crippen molar-refractivity contribution in [3.63, 3.8) is 0 Å². The molecule has 1 aliphatic rings. The minimum atomic E-state index is -0.346. The van der Waals surface area contributed by atoms with Crippen LogP contribution in [0.1, 0.15) is 5.56 Å². The lowest BCUT2D eigenvalue weighted by Gasteiger charge is -2.15. The molecule has 0 radical (unpaired) electrons. The highest BCUT2D eigenvalue weighted by Gasteiger charge is 2.23. The number of benzene rings is 2. The van der Waals surface area contributed by atoms with Gasteiger partial charge in [-0.3, -0.25) is 10.1 Å². The fourth-order valence-corrected chi connectivity index (χ4v) is 2.36. The summed E-state index contributed by atoms with van der Waals surface area (Å²) in [5.74, 6) is 1.25. The topological polar surface area (TPSA) is 59.9 Å². The maximum atomic E-state index is 12.1. The zero-order chi connectivity index (χ0) is 16.9. The van der Waals surface area contributed by atoms with Crippen LogP contribution in [-0.2, 0) is 9.53 Å². The molecule has 5 nitrogen and oxygen atoms in total. The third-order valence-corrected chi connectivity index (χ3v) is 3.43. The number of nitrogens with zero attached hydrogens (tertiary/aromatic N) is 1. The summed E-state index contributed by atoms with van der Waals surface area (Å²) in [7, 11) is 1.45. The molecule has 0 spiro atoms. The van der Waals surface area contributed by atoms with E-state index >= 15 is 0 Å². The van der Waals surface area contributed by atoms with E-state index in [0.29, 0.717) is 11.3 Å². The lowest BCUT2D eigenvalue weighted by molar-refractivity contribution is -0.115. The second-order valence-corrected chi connectivity index (χ2v) is 5.31. The van der Waals surface area contributed by atoms with E-state index in [1.54, 1.807) is 6.08 Å². The Bertz CT molecular complexity index is 844. The van der Waals surface area contributed by atoms with Gasteiger partial charge in [-0.15, -0.1) is 0 Å². The lowest BCUT2D eigenvalue weighted by atomic mass is 10.1. The Kier molecular flexibility index (Phi) is 4.67. The molecule has 1 amide bonds. The third-order valence-electron chi connectivity index (χ3n) is 3.24. The number of nitrogens with one attached hydrogen (secondary N) is 1. The van der Waals surface area contributed by atoms with Gasteiger partial charge in [-0.1, -0.05) is 30.3 Å². The number of methoxy groups -OCH3 is 1. The lowest BCUT2D eigenvalue weighted by Crippen LogP contribution is -2.37. The van der Waals surface area contributed by atoms with Gasteiger partial charge < -0.3 is 9.47 Å². The van der Waals surface area contributed by atoms with Crippen molar-refractivity contribution < 1.29 is 14.3 Å². The molecule has 120 valence electrons. The fraction of sp³-hybridized carbons (Fsp3) is 0.0556. The molecule has 6 heteroatoms. The van der Waals surface area contributed by atoms with Gasteiger partial charge in [-0.25, -0.2) is 0 Å². The normalized spacial score (nSPS) is 15.7. The quantitative estimate of drug-likeness (QED) is 0.689.